The van der Waals surface area contributed by atoms with Crippen LogP contribution in [0.2, 0.25) is 0 Å². The monoisotopic (exact) mass is 404 g/mol. The lowest BCUT2D eigenvalue weighted by Crippen LogP contribution is -2.56. The van der Waals surface area contributed by atoms with Crippen LogP contribution in [-0.2, 0) is 0 Å². The summed E-state index contributed by atoms with van der Waals surface area (Å²) in [5.74, 6) is 5.80. The first-order valence-corrected chi connectivity index (χ1v) is 13.0. The van der Waals surface area contributed by atoms with E-state index in [0.717, 1.165) is 48.3 Å². The maximum atomic E-state index is 10.5. The minimum Gasteiger partial charge on any atom is -0.390 e. The van der Waals surface area contributed by atoms with Gasteiger partial charge < -0.3 is 10.2 Å². The summed E-state index contributed by atoms with van der Waals surface area (Å²) in [6.45, 7) is 12.4. The summed E-state index contributed by atoms with van der Waals surface area (Å²) in [5, 5.41) is 20.8. The normalized spacial score (nSPS) is 50.7. The van der Waals surface area contributed by atoms with Gasteiger partial charge in [0.05, 0.1) is 12.2 Å². The van der Waals surface area contributed by atoms with Gasteiger partial charge in [-0.2, -0.15) is 0 Å². The zero-order chi connectivity index (χ0) is 21.0. The van der Waals surface area contributed by atoms with E-state index in [1.54, 1.807) is 0 Å². The van der Waals surface area contributed by atoms with Gasteiger partial charge in [0.2, 0.25) is 0 Å². The van der Waals surface area contributed by atoms with Crippen LogP contribution in [0.1, 0.15) is 105 Å². The molecule has 29 heavy (non-hydrogen) atoms. The molecule has 0 heterocycles. The topological polar surface area (TPSA) is 40.5 Å². The number of fused-ring (bicyclic) bond motifs is 5. The van der Waals surface area contributed by atoms with Gasteiger partial charge in [0.25, 0.3) is 0 Å². The van der Waals surface area contributed by atoms with Crippen molar-refractivity contribution in [3.8, 4) is 0 Å². The molecule has 0 aromatic heterocycles. The molecule has 0 aromatic carbocycles. The summed E-state index contributed by atoms with van der Waals surface area (Å²) in [6, 6.07) is 0. The van der Waals surface area contributed by atoms with Gasteiger partial charge in [-0.15, -0.1) is 0 Å². The highest BCUT2D eigenvalue weighted by Gasteiger charge is 2.61. The maximum absolute atomic E-state index is 10.5. The fourth-order valence-corrected chi connectivity index (χ4v) is 9.30. The van der Waals surface area contributed by atoms with Crippen LogP contribution in [0.25, 0.3) is 0 Å². The maximum Gasteiger partial charge on any atom is 0.0804 e. The number of aliphatic hydroxyl groups excluding tert-OH is 2. The second-order valence-electron chi connectivity index (χ2n) is 12.8. The van der Waals surface area contributed by atoms with Gasteiger partial charge in [-0.25, -0.2) is 0 Å². The van der Waals surface area contributed by atoms with Crippen molar-refractivity contribution in [2.24, 2.45) is 52.3 Å². The molecule has 0 radical (unpaired) electrons. The van der Waals surface area contributed by atoms with E-state index in [2.05, 4.69) is 34.6 Å². The molecule has 0 bridgehead atoms. The Kier molecular flexibility index (Phi) is 6.19. The molecule has 10 atom stereocenters. The molecule has 0 spiro atoms. The first-order chi connectivity index (χ1) is 13.7. The van der Waals surface area contributed by atoms with Gasteiger partial charge in [0.1, 0.15) is 0 Å². The zero-order valence-corrected chi connectivity index (χ0v) is 19.9. The van der Waals surface area contributed by atoms with Crippen molar-refractivity contribution < 1.29 is 10.2 Å². The van der Waals surface area contributed by atoms with Gasteiger partial charge in [-0.1, -0.05) is 53.9 Å². The molecular formula is C27H48O2. The molecule has 168 valence electrons. The second-order valence-corrected chi connectivity index (χ2v) is 12.8. The minimum absolute atomic E-state index is 0.254. The van der Waals surface area contributed by atoms with Crippen LogP contribution in [0.5, 0.6) is 0 Å². The minimum atomic E-state index is -0.499. The average molecular weight is 405 g/mol. The molecule has 4 rings (SSSR count). The van der Waals surface area contributed by atoms with Crippen LogP contribution in [0.15, 0.2) is 0 Å². The molecule has 4 aliphatic carbocycles. The molecule has 0 amide bonds. The Balaban J connectivity index is 1.47. The Bertz CT molecular complexity index is 573. The smallest absolute Gasteiger partial charge is 0.0804 e. The predicted octanol–water partition coefficient (Wildman–Crippen LogP) is 6.44. The molecule has 4 fully saturated rings. The fraction of sp³-hybridized carbons (Fsp3) is 1.00. The quantitative estimate of drug-likeness (QED) is 0.553. The third kappa shape index (κ3) is 3.73. The number of hydrogen-bond acceptors (Lipinski definition) is 2. The first kappa shape index (κ1) is 22.1. The van der Waals surface area contributed by atoms with Gasteiger partial charge in [-0.3, -0.25) is 0 Å². The Morgan fingerprint density at radius 1 is 0.828 bits per heavy atom. The van der Waals surface area contributed by atoms with E-state index >= 15 is 0 Å². The van der Waals surface area contributed by atoms with Gasteiger partial charge in [0, 0.05) is 0 Å². The lowest BCUT2D eigenvalue weighted by atomic mass is 9.44. The third-order valence-electron chi connectivity index (χ3n) is 10.9. The van der Waals surface area contributed by atoms with Gasteiger partial charge in [0.15, 0.2) is 0 Å². The third-order valence-corrected chi connectivity index (χ3v) is 10.9. The average Bonchev–Trinajstić information content (AvgIpc) is 3.00. The Labute approximate surface area is 180 Å². The Morgan fingerprint density at radius 2 is 1.55 bits per heavy atom. The summed E-state index contributed by atoms with van der Waals surface area (Å²) in [7, 11) is 0. The second kappa shape index (κ2) is 8.12. The van der Waals surface area contributed by atoms with Crippen LogP contribution < -0.4 is 0 Å². The number of rotatable bonds is 5. The highest BCUT2D eigenvalue weighted by molar-refractivity contribution is 5.10. The van der Waals surface area contributed by atoms with Crippen molar-refractivity contribution in [1.82, 2.24) is 0 Å². The van der Waals surface area contributed by atoms with Crippen molar-refractivity contribution in [2.45, 2.75) is 117 Å². The molecule has 4 aliphatic rings. The van der Waals surface area contributed by atoms with Crippen molar-refractivity contribution in [3.05, 3.63) is 0 Å². The van der Waals surface area contributed by atoms with Crippen LogP contribution >= 0.6 is 0 Å². The van der Waals surface area contributed by atoms with Crippen LogP contribution in [0.4, 0.5) is 0 Å². The van der Waals surface area contributed by atoms with E-state index in [9.17, 15) is 10.2 Å². The van der Waals surface area contributed by atoms with Gasteiger partial charge >= 0.3 is 0 Å². The van der Waals surface area contributed by atoms with Crippen LogP contribution in [0, 0.1) is 52.3 Å². The van der Waals surface area contributed by atoms with E-state index in [-0.39, 0.29) is 5.41 Å². The zero-order valence-electron chi connectivity index (χ0n) is 19.9. The van der Waals surface area contributed by atoms with E-state index in [0.29, 0.717) is 11.3 Å². The van der Waals surface area contributed by atoms with Crippen LogP contribution in [0.3, 0.4) is 0 Å². The fourth-order valence-electron chi connectivity index (χ4n) is 9.30. The summed E-state index contributed by atoms with van der Waals surface area (Å²) in [6.07, 6.45) is 13.2. The number of hydrogen-bond donors (Lipinski definition) is 2. The van der Waals surface area contributed by atoms with Crippen molar-refractivity contribution in [2.75, 3.05) is 0 Å². The Hall–Kier alpha value is -0.0800. The molecule has 0 aromatic rings. The SMILES string of the molecule is CC(C)CCC[C@@H](C)[C@H]1CC[C@H]2[C@@H]3CCC4CC(O)[C@H](O)C[C@]4(C)[C@H]3CC[C@]12C. The predicted molar refractivity (Wildman–Crippen MR) is 120 cm³/mol. The van der Waals surface area contributed by atoms with E-state index in [4.69, 9.17) is 0 Å². The summed E-state index contributed by atoms with van der Waals surface area (Å²) >= 11 is 0. The van der Waals surface area contributed by atoms with Gasteiger partial charge in [-0.05, 0) is 104 Å². The van der Waals surface area contributed by atoms with E-state index in [1.807, 2.05) is 0 Å². The molecular weight excluding hydrogens is 356 g/mol. The van der Waals surface area contributed by atoms with Crippen molar-refractivity contribution in [3.63, 3.8) is 0 Å². The lowest BCUT2D eigenvalue weighted by molar-refractivity contribution is -0.160. The number of aliphatic hydroxyl groups is 2. The first-order valence-electron chi connectivity index (χ1n) is 13.0. The molecule has 2 unspecified atom stereocenters. The Morgan fingerprint density at radius 3 is 2.28 bits per heavy atom. The molecule has 2 nitrogen and oxygen atoms in total. The molecule has 2 N–H and O–H groups in total. The molecule has 0 saturated heterocycles. The highest BCUT2D eigenvalue weighted by atomic mass is 16.3. The summed E-state index contributed by atoms with van der Waals surface area (Å²) < 4.78 is 0. The summed E-state index contributed by atoms with van der Waals surface area (Å²) in [5.41, 5.74) is 0.804. The molecule has 2 heteroatoms. The summed E-state index contributed by atoms with van der Waals surface area (Å²) in [4.78, 5) is 0. The van der Waals surface area contributed by atoms with Crippen molar-refractivity contribution in [1.29, 1.82) is 0 Å². The largest absolute Gasteiger partial charge is 0.390 e. The van der Waals surface area contributed by atoms with Crippen molar-refractivity contribution >= 4 is 0 Å². The standard InChI is InChI=1S/C27H48O2/c1-17(2)7-6-8-18(3)21-11-12-22-20-10-9-19-15-24(28)25(29)16-27(19,5)23(20)13-14-26(21,22)4/h17-25,28-29H,6-16H2,1-5H3/t18-,19?,20+,21-,22+,23+,24?,25-,26-,27+/m1/s1. The molecule has 4 saturated carbocycles. The lowest BCUT2D eigenvalue weighted by Gasteiger charge is -2.61. The van der Waals surface area contributed by atoms with Crippen LogP contribution in [-0.4, -0.2) is 22.4 Å². The highest BCUT2D eigenvalue weighted by Crippen LogP contribution is 2.68. The molecule has 0 aliphatic heterocycles. The van der Waals surface area contributed by atoms with E-state index in [1.165, 1.54) is 57.8 Å². The van der Waals surface area contributed by atoms with E-state index < -0.39 is 12.2 Å².